The topological polar surface area (TPSA) is 49.4 Å². The highest BCUT2D eigenvalue weighted by molar-refractivity contribution is 5.96. The zero-order chi connectivity index (χ0) is 11.5. The van der Waals surface area contributed by atoms with E-state index in [1.165, 1.54) is 11.8 Å². The number of nitrogens with one attached hydrogen (secondary N) is 1. The summed E-state index contributed by atoms with van der Waals surface area (Å²) in [6.07, 6.45) is 4.87. The molecule has 0 radical (unpaired) electrons. The van der Waals surface area contributed by atoms with Crippen LogP contribution in [0.5, 0.6) is 0 Å². The normalized spacial score (nSPS) is 22.6. The molecule has 1 aliphatic carbocycles. The van der Waals surface area contributed by atoms with Crippen LogP contribution in [-0.4, -0.2) is 35.8 Å². The van der Waals surface area contributed by atoms with Crippen molar-refractivity contribution in [3.05, 3.63) is 0 Å². The van der Waals surface area contributed by atoms with E-state index in [4.69, 9.17) is 0 Å². The van der Waals surface area contributed by atoms with Gasteiger partial charge in [0, 0.05) is 18.9 Å². The lowest BCUT2D eigenvalue weighted by atomic mass is 9.83. The van der Waals surface area contributed by atoms with Crippen LogP contribution in [0.1, 0.15) is 39.0 Å². The SMILES string of the molecule is CC(=O)N(C(=O)C1CCC1)C1CCNCC1. The molecule has 2 rings (SSSR count). The maximum atomic E-state index is 12.2. The van der Waals surface area contributed by atoms with E-state index in [0.717, 1.165) is 45.2 Å². The molecule has 0 unspecified atom stereocenters. The van der Waals surface area contributed by atoms with Gasteiger partial charge in [0.05, 0.1) is 0 Å². The zero-order valence-corrected chi connectivity index (χ0v) is 9.87. The van der Waals surface area contributed by atoms with Gasteiger partial charge in [-0.15, -0.1) is 0 Å². The minimum Gasteiger partial charge on any atom is -0.317 e. The molecule has 4 nitrogen and oxygen atoms in total. The number of rotatable bonds is 2. The Kier molecular flexibility index (Phi) is 3.59. The summed E-state index contributed by atoms with van der Waals surface area (Å²) in [7, 11) is 0. The summed E-state index contributed by atoms with van der Waals surface area (Å²) in [5.74, 6) is 0.119. The van der Waals surface area contributed by atoms with Crippen LogP contribution in [0.2, 0.25) is 0 Å². The number of carbonyl (C=O) groups excluding carboxylic acids is 2. The Hall–Kier alpha value is -0.900. The summed E-state index contributed by atoms with van der Waals surface area (Å²) in [5, 5.41) is 3.26. The Bertz CT molecular complexity index is 281. The number of imide groups is 1. The van der Waals surface area contributed by atoms with Crippen LogP contribution < -0.4 is 5.32 Å². The van der Waals surface area contributed by atoms with Gasteiger partial charge in [-0.05, 0) is 38.8 Å². The number of hydrogen-bond acceptors (Lipinski definition) is 3. The summed E-state index contributed by atoms with van der Waals surface area (Å²) < 4.78 is 0. The average molecular weight is 224 g/mol. The molecule has 0 aromatic carbocycles. The smallest absolute Gasteiger partial charge is 0.232 e. The Labute approximate surface area is 96.4 Å². The monoisotopic (exact) mass is 224 g/mol. The number of amides is 2. The molecule has 2 aliphatic rings. The van der Waals surface area contributed by atoms with Crippen LogP contribution in [0.25, 0.3) is 0 Å². The standard InChI is InChI=1S/C12H20N2O2/c1-9(15)14(11-5-7-13-8-6-11)12(16)10-3-2-4-10/h10-11,13H,2-8H2,1H3. The molecule has 1 heterocycles. The van der Waals surface area contributed by atoms with Gasteiger partial charge in [-0.25, -0.2) is 0 Å². The molecule has 1 N–H and O–H groups in total. The van der Waals surface area contributed by atoms with Crippen molar-refractivity contribution in [3.8, 4) is 0 Å². The van der Waals surface area contributed by atoms with E-state index in [1.54, 1.807) is 0 Å². The maximum absolute atomic E-state index is 12.2. The summed E-state index contributed by atoms with van der Waals surface area (Å²) >= 11 is 0. The predicted octanol–water partition coefficient (Wildman–Crippen LogP) is 0.914. The van der Waals surface area contributed by atoms with Gasteiger partial charge in [0.25, 0.3) is 0 Å². The minimum atomic E-state index is -0.0798. The summed E-state index contributed by atoms with van der Waals surface area (Å²) in [4.78, 5) is 25.3. The van der Waals surface area contributed by atoms with Crippen molar-refractivity contribution in [2.75, 3.05) is 13.1 Å². The fourth-order valence-corrected chi connectivity index (χ4v) is 2.51. The molecule has 0 bridgehead atoms. The second-order valence-electron chi connectivity index (χ2n) is 4.84. The van der Waals surface area contributed by atoms with E-state index in [0.29, 0.717) is 0 Å². The van der Waals surface area contributed by atoms with Crippen molar-refractivity contribution < 1.29 is 9.59 Å². The van der Waals surface area contributed by atoms with Crippen LogP contribution in [0.15, 0.2) is 0 Å². The highest BCUT2D eigenvalue weighted by Gasteiger charge is 2.35. The molecule has 1 saturated carbocycles. The van der Waals surface area contributed by atoms with Crippen molar-refractivity contribution in [1.82, 2.24) is 10.2 Å². The van der Waals surface area contributed by atoms with Crippen molar-refractivity contribution in [3.63, 3.8) is 0 Å². The highest BCUT2D eigenvalue weighted by Crippen LogP contribution is 2.29. The first kappa shape index (κ1) is 11.6. The zero-order valence-electron chi connectivity index (χ0n) is 9.87. The van der Waals surface area contributed by atoms with Crippen molar-refractivity contribution in [2.24, 2.45) is 5.92 Å². The molecule has 0 aromatic rings. The van der Waals surface area contributed by atoms with Gasteiger partial charge in [-0.1, -0.05) is 6.42 Å². The van der Waals surface area contributed by atoms with Gasteiger partial charge in [-0.2, -0.15) is 0 Å². The summed E-state index contributed by atoms with van der Waals surface area (Å²) in [6.45, 7) is 3.33. The van der Waals surface area contributed by atoms with Gasteiger partial charge in [-0.3, -0.25) is 14.5 Å². The third-order valence-corrected chi connectivity index (χ3v) is 3.70. The first-order valence-corrected chi connectivity index (χ1v) is 6.24. The van der Waals surface area contributed by atoms with Gasteiger partial charge in [0.1, 0.15) is 0 Å². The number of nitrogens with zero attached hydrogens (tertiary/aromatic N) is 1. The molecule has 4 heteroatoms. The maximum Gasteiger partial charge on any atom is 0.232 e. The molecule has 1 aliphatic heterocycles. The van der Waals surface area contributed by atoms with E-state index in [2.05, 4.69) is 5.32 Å². The van der Waals surface area contributed by atoms with Crippen LogP contribution in [0, 0.1) is 5.92 Å². The van der Waals surface area contributed by atoms with E-state index >= 15 is 0 Å². The number of carbonyl (C=O) groups is 2. The molecule has 2 fully saturated rings. The van der Waals surface area contributed by atoms with Crippen LogP contribution in [0.3, 0.4) is 0 Å². The lowest BCUT2D eigenvalue weighted by molar-refractivity contribution is -0.151. The minimum absolute atomic E-state index is 0.0747. The first-order chi connectivity index (χ1) is 7.70. The molecular formula is C12H20N2O2. The molecule has 90 valence electrons. The van der Waals surface area contributed by atoms with Gasteiger partial charge in [0.15, 0.2) is 0 Å². The average Bonchev–Trinajstić information content (AvgIpc) is 2.16. The molecular weight excluding hydrogens is 204 g/mol. The van der Waals surface area contributed by atoms with E-state index < -0.39 is 0 Å². The predicted molar refractivity (Wildman–Crippen MR) is 60.8 cm³/mol. The Morgan fingerprint density at radius 1 is 1.12 bits per heavy atom. The third-order valence-electron chi connectivity index (χ3n) is 3.70. The second-order valence-corrected chi connectivity index (χ2v) is 4.84. The fraction of sp³-hybridized carbons (Fsp3) is 0.833. The summed E-state index contributed by atoms with van der Waals surface area (Å²) in [6, 6.07) is 0.131. The van der Waals surface area contributed by atoms with E-state index in [9.17, 15) is 9.59 Å². The Balaban J connectivity index is 2.02. The number of hydrogen-bond donors (Lipinski definition) is 1. The van der Waals surface area contributed by atoms with Crippen molar-refractivity contribution >= 4 is 11.8 Å². The molecule has 16 heavy (non-hydrogen) atoms. The largest absolute Gasteiger partial charge is 0.317 e. The molecule has 1 saturated heterocycles. The second kappa shape index (κ2) is 4.95. The molecule has 0 atom stereocenters. The first-order valence-electron chi connectivity index (χ1n) is 6.24. The summed E-state index contributed by atoms with van der Waals surface area (Å²) in [5.41, 5.74) is 0. The molecule has 0 aromatic heterocycles. The third kappa shape index (κ3) is 2.26. The highest BCUT2D eigenvalue weighted by atomic mass is 16.2. The molecule has 2 amide bonds. The number of piperidine rings is 1. The van der Waals surface area contributed by atoms with Crippen molar-refractivity contribution in [2.45, 2.75) is 45.1 Å². The Morgan fingerprint density at radius 3 is 2.19 bits per heavy atom. The van der Waals surface area contributed by atoms with E-state index in [-0.39, 0.29) is 23.8 Å². The lowest BCUT2D eigenvalue weighted by Gasteiger charge is -2.36. The fourth-order valence-electron chi connectivity index (χ4n) is 2.51. The van der Waals surface area contributed by atoms with Crippen LogP contribution >= 0.6 is 0 Å². The quantitative estimate of drug-likeness (QED) is 0.758. The molecule has 0 spiro atoms. The van der Waals surface area contributed by atoms with Gasteiger partial charge < -0.3 is 5.32 Å². The van der Waals surface area contributed by atoms with E-state index in [1.807, 2.05) is 0 Å². The van der Waals surface area contributed by atoms with Gasteiger partial charge >= 0.3 is 0 Å². The van der Waals surface area contributed by atoms with Crippen LogP contribution in [-0.2, 0) is 9.59 Å². The van der Waals surface area contributed by atoms with Gasteiger partial charge in [0.2, 0.25) is 11.8 Å². The lowest BCUT2D eigenvalue weighted by Crippen LogP contribution is -2.51. The van der Waals surface area contributed by atoms with Crippen molar-refractivity contribution in [1.29, 1.82) is 0 Å². The Morgan fingerprint density at radius 2 is 1.75 bits per heavy atom. The van der Waals surface area contributed by atoms with Crippen LogP contribution in [0.4, 0.5) is 0 Å².